The van der Waals surface area contributed by atoms with Crippen molar-refractivity contribution in [1.29, 1.82) is 0 Å². The monoisotopic (exact) mass is 403 g/mol. The van der Waals surface area contributed by atoms with E-state index in [-0.39, 0.29) is 0 Å². The molecule has 0 radical (unpaired) electrons. The highest BCUT2D eigenvalue weighted by Crippen LogP contribution is 2.27. The van der Waals surface area contributed by atoms with Crippen LogP contribution < -0.4 is 4.74 Å². The van der Waals surface area contributed by atoms with Gasteiger partial charge in [0.25, 0.3) is 0 Å². The maximum Gasteiger partial charge on any atom is 0.129 e. The van der Waals surface area contributed by atoms with E-state index in [9.17, 15) is 0 Å². The van der Waals surface area contributed by atoms with Gasteiger partial charge in [0.15, 0.2) is 0 Å². The summed E-state index contributed by atoms with van der Waals surface area (Å²) in [5.41, 5.74) is 3.97. The number of nitrogens with zero attached hydrogens (tertiary/aromatic N) is 3. The maximum atomic E-state index is 6.03. The Morgan fingerprint density at radius 3 is 2.77 bits per heavy atom. The molecule has 30 heavy (non-hydrogen) atoms. The Balaban J connectivity index is 1.25. The summed E-state index contributed by atoms with van der Waals surface area (Å²) in [4.78, 5) is 10.4. The van der Waals surface area contributed by atoms with Gasteiger partial charge in [-0.05, 0) is 67.9 Å². The van der Waals surface area contributed by atoms with E-state index in [4.69, 9.17) is 14.5 Å². The third kappa shape index (κ3) is 4.22. The summed E-state index contributed by atoms with van der Waals surface area (Å²) in [7, 11) is 2.11. The van der Waals surface area contributed by atoms with Gasteiger partial charge < -0.3 is 14.5 Å². The lowest BCUT2D eigenvalue weighted by Gasteiger charge is -2.19. The van der Waals surface area contributed by atoms with Crippen molar-refractivity contribution in [2.45, 2.75) is 25.5 Å². The van der Waals surface area contributed by atoms with Crippen molar-refractivity contribution in [1.82, 2.24) is 25.1 Å². The Morgan fingerprint density at radius 1 is 1.13 bits per heavy atom. The van der Waals surface area contributed by atoms with Crippen molar-refractivity contribution in [2.24, 2.45) is 0 Å². The topological polar surface area (TPSA) is 79.1 Å². The number of hydrogen-bond donors (Lipinski definition) is 2. The van der Waals surface area contributed by atoms with Crippen LogP contribution in [0.1, 0.15) is 18.7 Å². The highest BCUT2D eigenvalue weighted by atomic mass is 16.5. The van der Waals surface area contributed by atoms with E-state index in [2.05, 4.69) is 27.1 Å². The van der Waals surface area contributed by atoms with E-state index in [0.29, 0.717) is 6.10 Å². The predicted molar refractivity (Wildman–Crippen MR) is 115 cm³/mol. The summed E-state index contributed by atoms with van der Waals surface area (Å²) in [5, 5.41) is 6.95. The van der Waals surface area contributed by atoms with Gasteiger partial charge >= 0.3 is 0 Å². The summed E-state index contributed by atoms with van der Waals surface area (Å²) in [6.45, 7) is 2.58. The second-order valence-corrected chi connectivity index (χ2v) is 7.79. The van der Waals surface area contributed by atoms with Crippen LogP contribution in [-0.2, 0) is 11.3 Å². The third-order valence-corrected chi connectivity index (χ3v) is 5.36. The van der Waals surface area contributed by atoms with Crippen LogP contribution in [0.3, 0.4) is 0 Å². The molecule has 3 heterocycles. The Bertz CT molecular complexity index is 1100. The molecule has 0 spiro atoms. The first kappa shape index (κ1) is 18.8. The summed E-state index contributed by atoms with van der Waals surface area (Å²) >= 11 is 0. The summed E-state index contributed by atoms with van der Waals surface area (Å²) < 4.78 is 11.8. The molecular weight excluding hydrogens is 378 g/mol. The second-order valence-electron chi connectivity index (χ2n) is 7.79. The van der Waals surface area contributed by atoms with Gasteiger partial charge in [-0.3, -0.25) is 10.00 Å². The van der Waals surface area contributed by atoms with E-state index in [1.54, 1.807) is 6.20 Å². The van der Waals surface area contributed by atoms with Gasteiger partial charge in [0.2, 0.25) is 0 Å². The third-order valence-electron chi connectivity index (χ3n) is 5.36. The number of imidazole rings is 1. The lowest BCUT2D eigenvalue weighted by atomic mass is 10.1. The van der Waals surface area contributed by atoms with Gasteiger partial charge in [-0.25, -0.2) is 4.98 Å². The average Bonchev–Trinajstić information content (AvgIpc) is 3.50. The molecule has 0 bridgehead atoms. The van der Waals surface area contributed by atoms with Crippen LogP contribution in [0.4, 0.5) is 0 Å². The van der Waals surface area contributed by atoms with Crippen molar-refractivity contribution >= 4 is 11.0 Å². The first-order chi connectivity index (χ1) is 14.7. The first-order valence-electron chi connectivity index (χ1n) is 10.3. The highest BCUT2D eigenvalue weighted by Gasteiger charge is 2.18. The van der Waals surface area contributed by atoms with Gasteiger partial charge in [-0.15, -0.1) is 0 Å². The van der Waals surface area contributed by atoms with Crippen molar-refractivity contribution in [3.8, 4) is 22.8 Å². The molecule has 1 aliphatic heterocycles. The zero-order chi connectivity index (χ0) is 20.3. The number of ether oxygens (including phenoxy) is 2. The smallest absolute Gasteiger partial charge is 0.129 e. The molecule has 1 fully saturated rings. The van der Waals surface area contributed by atoms with Crippen molar-refractivity contribution in [3.05, 3.63) is 60.6 Å². The fraction of sp³-hybridized carbons (Fsp3) is 0.304. The molecule has 2 aromatic carbocycles. The zero-order valence-corrected chi connectivity index (χ0v) is 17.0. The molecule has 4 aromatic rings. The van der Waals surface area contributed by atoms with Crippen LogP contribution >= 0.6 is 0 Å². The Labute approximate surface area is 175 Å². The number of fused-ring (bicyclic) bond motifs is 1. The van der Waals surface area contributed by atoms with E-state index >= 15 is 0 Å². The number of H-pyrrole nitrogens is 2. The van der Waals surface area contributed by atoms with Crippen LogP contribution in [-0.4, -0.2) is 51.4 Å². The summed E-state index contributed by atoms with van der Waals surface area (Å²) in [6.07, 6.45) is 4.40. The molecule has 1 saturated heterocycles. The number of aromatic amines is 2. The largest absolute Gasteiger partial charge is 0.457 e. The van der Waals surface area contributed by atoms with Crippen LogP contribution in [0, 0.1) is 0 Å². The number of hydrogen-bond acceptors (Lipinski definition) is 5. The Hall–Kier alpha value is -3.16. The van der Waals surface area contributed by atoms with Crippen LogP contribution in [0.2, 0.25) is 0 Å². The van der Waals surface area contributed by atoms with Gasteiger partial charge in [-0.1, -0.05) is 0 Å². The Kier molecular flexibility index (Phi) is 5.21. The summed E-state index contributed by atoms with van der Waals surface area (Å²) in [5.74, 6) is 2.50. The molecule has 2 aromatic heterocycles. The van der Waals surface area contributed by atoms with Crippen molar-refractivity contribution < 1.29 is 9.47 Å². The first-order valence-corrected chi connectivity index (χ1v) is 10.3. The second kappa shape index (κ2) is 8.30. The normalized spacial score (nSPS) is 16.5. The minimum atomic E-state index is 0.346. The fourth-order valence-electron chi connectivity index (χ4n) is 3.89. The molecule has 1 unspecified atom stereocenters. The number of aromatic nitrogens is 4. The average molecular weight is 403 g/mol. The maximum absolute atomic E-state index is 6.03. The van der Waals surface area contributed by atoms with Gasteiger partial charge in [0, 0.05) is 25.4 Å². The molecular formula is C23H25N5O2. The molecule has 7 heteroatoms. The number of benzene rings is 2. The lowest BCUT2D eigenvalue weighted by molar-refractivity contribution is 0.0787. The number of nitrogens with one attached hydrogen (secondary N) is 2. The quantitative estimate of drug-likeness (QED) is 0.479. The molecule has 1 aliphatic rings. The van der Waals surface area contributed by atoms with E-state index in [1.165, 1.54) is 0 Å². The molecule has 5 rings (SSSR count). The lowest BCUT2D eigenvalue weighted by Crippen LogP contribution is -2.28. The minimum Gasteiger partial charge on any atom is -0.457 e. The molecule has 7 nitrogen and oxygen atoms in total. The van der Waals surface area contributed by atoms with E-state index in [1.807, 2.05) is 48.5 Å². The highest BCUT2D eigenvalue weighted by molar-refractivity contribution is 5.77. The SMILES string of the molecule is CN(Cc1nc2cc(Oc3ccc(-c4ccn[nH]4)cc3)ccc2[nH]1)CC1CCCO1. The molecule has 1 atom stereocenters. The molecule has 0 saturated carbocycles. The molecule has 0 amide bonds. The molecule has 154 valence electrons. The van der Waals surface area contributed by atoms with Crippen molar-refractivity contribution in [3.63, 3.8) is 0 Å². The van der Waals surface area contributed by atoms with Gasteiger partial charge in [-0.2, -0.15) is 5.10 Å². The summed E-state index contributed by atoms with van der Waals surface area (Å²) in [6, 6.07) is 15.8. The Morgan fingerprint density at radius 2 is 2.00 bits per heavy atom. The standard InChI is InChI=1S/C23H25N5O2/c1-28(14-19-3-2-12-29-19)15-23-25-21-9-8-18(13-22(21)26-23)30-17-6-4-16(5-7-17)20-10-11-24-27-20/h4-11,13,19H,2-3,12,14-15H2,1H3,(H,24,27)(H,25,26). The van der Waals surface area contributed by atoms with E-state index < -0.39 is 0 Å². The van der Waals surface area contributed by atoms with Gasteiger partial charge in [0.05, 0.1) is 29.4 Å². The number of rotatable bonds is 7. The van der Waals surface area contributed by atoms with Crippen LogP contribution in [0.15, 0.2) is 54.7 Å². The van der Waals surface area contributed by atoms with E-state index in [0.717, 1.165) is 72.2 Å². The minimum absolute atomic E-state index is 0.346. The van der Waals surface area contributed by atoms with Crippen LogP contribution in [0.25, 0.3) is 22.3 Å². The fourth-order valence-corrected chi connectivity index (χ4v) is 3.89. The molecule has 0 aliphatic carbocycles. The van der Waals surface area contributed by atoms with Crippen LogP contribution in [0.5, 0.6) is 11.5 Å². The predicted octanol–water partition coefficient (Wildman–Crippen LogP) is 4.36. The van der Waals surface area contributed by atoms with Gasteiger partial charge in [0.1, 0.15) is 17.3 Å². The number of likely N-dealkylation sites (N-methyl/N-ethyl adjacent to an activating group) is 1. The van der Waals surface area contributed by atoms with Crippen molar-refractivity contribution in [2.75, 3.05) is 20.2 Å². The molecule has 2 N–H and O–H groups in total. The zero-order valence-electron chi connectivity index (χ0n) is 17.0.